The number of carbonyl (C=O) groups is 2. The Kier molecular flexibility index (Phi) is 3.88. The first-order valence-corrected chi connectivity index (χ1v) is 3.10. The van der Waals surface area contributed by atoms with Gasteiger partial charge in [0.25, 0.3) is 0 Å². The number of rotatable bonds is 5. The molecule has 0 atom stereocenters. The van der Waals surface area contributed by atoms with Gasteiger partial charge >= 0.3 is 5.97 Å². The van der Waals surface area contributed by atoms with Gasteiger partial charge in [0.05, 0.1) is 0 Å². The summed E-state index contributed by atoms with van der Waals surface area (Å²) in [6, 6.07) is 0. The molecule has 3 nitrogen and oxygen atoms in total. The Morgan fingerprint density at radius 1 is 1.36 bits per heavy atom. The number of carbonyl (C=O) groups excluding carboxylic acids is 1. The van der Waals surface area contributed by atoms with Gasteiger partial charge in [0, 0.05) is 6.42 Å². The van der Waals surface area contributed by atoms with E-state index in [0.717, 1.165) is 0 Å². The summed E-state index contributed by atoms with van der Waals surface area (Å²) in [5.74, 6) is -1.45. The Morgan fingerprint density at radius 3 is 2.27 bits per heavy atom. The molecule has 0 unspecified atom stereocenters. The fourth-order valence-corrected chi connectivity index (χ4v) is 0.557. The highest BCUT2D eigenvalue weighted by molar-refractivity contribution is 5.95. The van der Waals surface area contributed by atoms with Crippen molar-refractivity contribution in [2.75, 3.05) is 0 Å². The second kappa shape index (κ2) is 4.44. The minimum atomic E-state index is -1.10. The third-order valence-electron chi connectivity index (χ3n) is 1.06. The van der Waals surface area contributed by atoms with Crippen LogP contribution >= 0.6 is 0 Å². The standard InChI is InChI=1S/C8H10O3/c1-3-6(2)4-7(9)5-8(10)11/h3H,1-2,4-5H2,(H,10,11). The van der Waals surface area contributed by atoms with E-state index in [1.165, 1.54) is 6.08 Å². The molecule has 0 heterocycles. The van der Waals surface area contributed by atoms with Crippen LogP contribution in [-0.4, -0.2) is 16.9 Å². The van der Waals surface area contributed by atoms with Crippen LogP contribution in [-0.2, 0) is 9.59 Å². The predicted molar refractivity (Wildman–Crippen MR) is 41.2 cm³/mol. The van der Waals surface area contributed by atoms with E-state index in [1.54, 1.807) is 0 Å². The smallest absolute Gasteiger partial charge is 0.310 e. The van der Waals surface area contributed by atoms with E-state index >= 15 is 0 Å². The molecule has 0 aromatic rings. The van der Waals surface area contributed by atoms with Crippen molar-refractivity contribution in [3.05, 3.63) is 24.8 Å². The zero-order chi connectivity index (χ0) is 8.85. The van der Waals surface area contributed by atoms with Crippen LogP contribution in [0.5, 0.6) is 0 Å². The van der Waals surface area contributed by atoms with E-state index in [9.17, 15) is 9.59 Å². The lowest BCUT2D eigenvalue weighted by molar-refractivity contribution is -0.140. The summed E-state index contributed by atoms with van der Waals surface area (Å²) >= 11 is 0. The highest BCUT2D eigenvalue weighted by Crippen LogP contribution is 2.01. The number of allylic oxidation sites excluding steroid dienone is 2. The van der Waals surface area contributed by atoms with E-state index < -0.39 is 12.4 Å². The number of hydrogen-bond donors (Lipinski definition) is 1. The second-order valence-electron chi connectivity index (χ2n) is 2.15. The largest absolute Gasteiger partial charge is 0.481 e. The van der Waals surface area contributed by atoms with Gasteiger partial charge in [-0.15, -0.1) is 0 Å². The zero-order valence-corrected chi connectivity index (χ0v) is 6.17. The monoisotopic (exact) mass is 154 g/mol. The van der Waals surface area contributed by atoms with Crippen molar-refractivity contribution in [2.45, 2.75) is 12.8 Å². The van der Waals surface area contributed by atoms with Crippen LogP contribution in [0.4, 0.5) is 0 Å². The molecular weight excluding hydrogens is 144 g/mol. The number of aliphatic carboxylic acids is 1. The lowest BCUT2D eigenvalue weighted by atomic mass is 10.1. The van der Waals surface area contributed by atoms with E-state index in [1.807, 2.05) is 0 Å². The average molecular weight is 154 g/mol. The summed E-state index contributed by atoms with van der Waals surface area (Å²) < 4.78 is 0. The van der Waals surface area contributed by atoms with E-state index in [4.69, 9.17) is 5.11 Å². The number of ketones is 1. The van der Waals surface area contributed by atoms with Crippen molar-refractivity contribution in [1.29, 1.82) is 0 Å². The highest BCUT2D eigenvalue weighted by Gasteiger charge is 2.07. The molecule has 0 aromatic carbocycles. The van der Waals surface area contributed by atoms with Crippen LogP contribution in [0.15, 0.2) is 24.8 Å². The zero-order valence-electron chi connectivity index (χ0n) is 6.17. The van der Waals surface area contributed by atoms with Crippen molar-refractivity contribution in [3.63, 3.8) is 0 Å². The van der Waals surface area contributed by atoms with Crippen molar-refractivity contribution < 1.29 is 14.7 Å². The highest BCUT2D eigenvalue weighted by atomic mass is 16.4. The van der Waals surface area contributed by atoms with Gasteiger partial charge in [-0.1, -0.05) is 19.2 Å². The fraction of sp³-hybridized carbons (Fsp3) is 0.250. The van der Waals surface area contributed by atoms with E-state index in [2.05, 4.69) is 13.2 Å². The third kappa shape index (κ3) is 5.08. The molecule has 0 saturated carbocycles. The molecule has 0 radical (unpaired) electrons. The van der Waals surface area contributed by atoms with Gasteiger partial charge in [0.1, 0.15) is 12.2 Å². The molecule has 0 aliphatic rings. The number of Topliss-reactive ketones (excluding diaryl/α,β-unsaturated/α-hetero) is 1. The number of carboxylic acids is 1. The van der Waals surface area contributed by atoms with Gasteiger partial charge in [-0.3, -0.25) is 9.59 Å². The molecule has 0 amide bonds. The maximum absolute atomic E-state index is 10.7. The lowest BCUT2D eigenvalue weighted by Crippen LogP contribution is -2.06. The van der Waals surface area contributed by atoms with Crippen molar-refractivity contribution in [3.8, 4) is 0 Å². The molecule has 0 aliphatic carbocycles. The molecule has 0 spiro atoms. The summed E-state index contributed by atoms with van der Waals surface area (Å²) in [6.45, 7) is 6.88. The van der Waals surface area contributed by atoms with Gasteiger partial charge in [-0.05, 0) is 5.57 Å². The summed E-state index contributed by atoms with van der Waals surface area (Å²) in [4.78, 5) is 20.7. The van der Waals surface area contributed by atoms with Crippen LogP contribution in [0.3, 0.4) is 0 Å². The maximum Gasteiger partial charge on any atom is 0.310 e. The van der Waals surface area contributed by atoms with Gasteiger partial charge in [0.2, 0.25) is 0 Å². The first-order chi connectivity index (χ1) is 5.06. The average Bonchev–Trinajstić information content (AvgIpc) is 1.85. The van der Waals surface area contributed by atoms with Crippen LogP contribution in [0.2, 0.25) is 0 Å². The summed E-state index contributed by atoms with van der Waals surface area (Å²) in [6.07, 6.45) is 1.09. The van der Waals surface area contributed by atoms with E-state index in [0.29, 0.717) is 5.57 Å². The van der Waals surface area contributed by atoms with Crippen molar-refractivity contribution in [1.82, 2.24) is 0 Å². The topological polar surface area (TPSA) is 54.4 Å². The van der Waals surface area contributed by atoms with Gasteiger partial charge in [0.15, 0.2) is 0 Å². The quantitative estimate of drug-likeness (QED) is 0.477. The number of carboxylic acid groups (broad SMARTS) is 1. The molecule has 0 aromatic heterocycles. The summed E-state index contributed by atoms with van der Waals surface area (Å²) in [5.41, 5.74) is 0.552. The Labute approximate surface area is 65.0 Å². The molecular formula is C8H10O3. The van der Waals surface area contributed by atoms with Gasteiger partial charge in [-0.25, -0.2) is 0 Å². The van der Waals surface area contributed by atoms with Crippen molar-refractivity contribution in [2.24, 2.45) is 0 Å². The summed E-state index contributed by atoms with van der Waals surface area (Å²) in [5, 5.41) is 8.19. The third-order valence-corrected chi connectivity index (χ3v) is 1.06. The van der Waals surface area contributed by atoms with Crippen LogP contribution in [0, 0.1) is 0 Å². The van der Waals surface area contributed by atoms with E-state index in [-0.39, 0.29) is 12.2 Å². The molecule has 0 rings (SSSR count). The van der Waals surface area contributed by atoms with Crippen molar-refractivity contribution >= 4 is 11.8 Å². The second-order valence-corrected chi connectivity index (χ2v) is 2.15. The molecule has 0 aliphatic heterocycles. The molecule has 0 bridgehead atoms. The molecule has 3 heteroatoms. The minimum absolute atomic E-state index is 0.0792. The van der Waals surface area contributed by atoms with Crippen LogP contribution in [0.1, 0.15) is 12.8 Å². The Balaban J connectivity index is 3.78. The molecule has 60 valence electrons. The normalized spacial score (nSPS) is 8.73. The molecule has 0 fully saturated rings. The van der Waals surface area contributed by atoms with Crippen LogP contribution < -0.4 is 0 Å². The van der Waals surface area contributed by atoms with Gasteiger partial charge < -0.3 is 5.11 Å². The fourth-order valence-electron chi connectivity index (χ4n) is 0.557. The number of hydrogen-bond acceptors (Lipinski definition) is 2. The minimum Gasteiger partial charge on any atom is -0.481 e. The van der Waals surface area contributed by atoms with Crippen LogP contribution in [0.25, 0.3) is 0 Å². The summed E-state index contributed by atoms with van der Waals surface area (Å²) in [7, 11) is 0. The maximum atomic E-state index is 10.7. The Morgan fingerprint density at radius 2 is 1.91 bits per heavy atom. The Hall–Kier alpha value is -1.38. The molecule has 11 heavy (non-hydrogen) atoms. The Bertz CT molecular complexity index is 203. The molecule has 0 saturated heterocycles. The molecule has 1 N–H and O–H groups in total. The lowest BCUT2D eigenvalue weighted by Gasteiger charge is -1.95. The first kappa shape index (κ1) is 9.62. The first-order valence-electron chi connectivity index (χ1n) is 3.10. The SMILES string of the molecule is C=CC(=C)CC(=O)CC(=O)O. The van der Waals surface area contributed by atoms with Gasteiger partial charge in [-0.2, -0.15) is 0 Å². The predicted octanol–water partition coefficient (Wildman–Crippen LogP) is 1.16.